The molecule has 8 heteroatoms. The van der Waals surface area contributed by atoms with Gasteiger partial charge >= 0.3 is 5.97 Å². The molecule has 0 bridgehead atoms. The van der Waals surface area contributed by atoms with Gasteiger partial charge in [-0.05, 0) is 25.1 Å². The summed E-state index contributed by atoms with van der Waals surface area (Å²) in [7, 11) is 0. The summed E-state index contributed by atoms with van der Waals surface area (Å²) in [5.41, 5.74) is 6.83. The summed E-state index contributed by atoms with van der Waals surface area (Å²) < 4.78 is 5.31. The Morgan fingerprint density at radius 2 is 2.00 bits per heavy atom. The monoisotopic (exact) mass is 416 g/mol. The van der Waals surface area contributed by atoms with Crippen LogP contribution in [-0.2, 0) is 19.7 Å². The van der Waals surface area contributed by atoms with Crippen LogP contribution in [0, 0.1) is 11.3 Å². The van der Waals surface area contributed by atoms with Crippen molar-refractivity contribution in [1.29, 1.82) is 5.26 Å². The summed E-state index contributed by atoms with van der Waals surface area (Å²) >= 11 is 1.36. The van der Waals surface area contributed by atoms with E-state index in [4.69, 9.17) is 10.5 Å². The molecule has 0 saturated carbocycles. The predicted octanol–water partition coefficient (Wildman–Crippen LogP) is 2.97. The molecule has 1 atom stereocenters. The molecule has 1 amide bonds. The largest absolute Gasteiger partial charge is 0.462 e. The van der Waals surface area contributed by atoms with Crippen molar-refractivity contribution in [2.45, 2.75) is 17.2 Å². The molecule has 0 radical (unpaired) electrons. The lowest BCUT2D eigenvalue weighted by Crippen LogP contribution is -2.49. The van der Waals surface area contributed by atoms with Crippen LogP contribution < -0.4 is 16.0 Å². The minimum Gasteiger partial charge on any atom is -0.462 e. The number of hydrogen-bond acceptors (Lipinski definition) is 7. The average Bonchev–Trinajstić information content (AvgIpc) is 3.25. The molecule has 2 aromatic rings. The van der Waals surface area contributed by atoms with Crippen LogP contribution in [0.1, 0.15) is 12.5 Å². The standard InChI is InChI=1S/C22H16N4O3S/c1-2-29-20(27)17-18(24)26-15-9-5-6-10-16(15)30-19(26)13(11-23)22(17)12-7-3-4-8-14(12)25-21(22)28/h3-10H,2,24H2,1H3,(H,25,28). The molecule has 30 heavy (non-hydrogen) atoms. The molecule has 1 spiro atoms. The summed E-state index contributed by atoms with van der Waals surface area (Å²) in [6.07, 6.45) is 0. The van der Waals surface area contributed by atoms with Crippen molar-refractivity contribution in [1.82, 2.24) is 0 Å². The van der Waals surface area contributed by atoms with Crippen molar-refractivity contribution in [2.75, 3.05) is 16.8 Å². The number of nitrogens with one attached hydrogen (secondary N) is 1. The highest BCUT2D eigenvalue weighted by molar-refractivity contribution is 8.03. The number of anilines is 2. The topological polar surface area (TPSA) is 108 Å². The number of esters is 1. The van der Waals surface area contributed by atoms with Gasteiger partial charge in [0.25, 0.3) is 0 Å². The first-order valence-electron chi connectivity index (χ1n) is 9.35. The lowest BCUT2D eigenvalue weighted by Gasteiger charge is -2.38. The molecule has 0 aromatic heterocycles. The van der Waals surface area contributed by atoms with Gasteiger partial charge in [-0.15, -0.1) is 0 Å². The van der Waals surface area contributed by atoms with Gasteiger partial charge in [-0.3, -0.25) is 9.69 Å². The highest BCUT2D eigenvalue weighted by Gasteiger charge is 2.61. The van der Waals surface area contributed by atoms with Gasteiger partial charge < -0.3 is 15.8 Å². The predicted molar refractivity (Wildman–Crippen MR) is 112 cm³/mol. The van der Waals surface area contributed by atoms with E-state index in [1.54, 1.807) is 36.1 Å². The van der Waals surface area contributed by atoms with Gasteiger partial charge in [0.1, 0.15) is 21.8 Å². The smallest absolute Gasteiger partial charge is 0.339 e. The molecule has 7 nitrogen and oxygen atoms in total. The van der Waals surface area contributed by atoms with Gasteiger partial charge in [0, 0.05) is 16.1 Å². The van der Waals surface area contributed by atoms with Crippen molar-refractivity contribution >= 4 is 35.0 Å². The maximum absolute atomic E-state index is 13.5. The Morgan fingerprint density at radius 3 is 2.77 bits per heavy atom. The number of rotatable bonds is 2. The third-order valence-corrected chi connectivity index (χ3v) is 6.63. The van der Waals surface area contributed by atoms with E-state index in [1.165, 1.54) is 11.8 Å². The third-order valence-electron chi connectivity index (χ3n) is 5.49. The molecule has 3 N–H and O–H groups in total. The van der Waals surface area contributed by atoms with E-state index < -0.39 is 17.3 Å². The Kier molecular flexibility index (Phi) is 3.91. The van der Waals surface area contributed by atoms with Crippen LogP contribution in [0.15, 0.2) is 75.4 Å². The van der Waals surface area contributed by atoms with E-state index in [0.717, 1.165) is 10.6 Å². The highest BCUT2D eigenvalue weighted by atomic mass is 32.2. The Morgan fingerprint density at radius 1 is 1.27 bits per heavy atom. The SMILES string of the molecule is CCOC(=O)C1=C(N)N2C(=C(C#N)C13C(=O)Nc1ccccc13)Sc1ccccc12. The number of ether oxygens (including phenoxy) is 1. The van der Waals surface area contributed by atoms with E-state index in [9.17, 15) is 14.9 Å². The minimum absolute atomic E-state index is 0.0376. The highest BCUT2D eigenvalue weighted by Crippen LogP contribution is 2.59. The molecule has 3 heterocycles. The number of benzene rings is 2. The van der Waals surface area contributed by atoms with Crippen LogP contribution in [0.4, 0.5) is 11.4 Å². The number of nitrogens with two attached hydrogens (primary N) is 1. The number of fused-ring (bicyclic) bond motifs is 5. The molecular formula is C22H16N4O3S. The first kappa shape index (κ1) is 18.3. The molecule has 2 aromatic carbocycles. The Hall–Kier alpha value is -3.70. The van der Waals surface area contributed by atoms with Crippen LogP contribution in [0.25, 0.3) is 0 Å². The number of carbonyl (C=O) groups is 2. The average molecular weight is 416 g/mol. The zero-order valence-corrected chi connectivity index (χ0v) is 16.7. The van der Waals surface area contributed by atoms with Crippen LogP contribution in [0.3, 0.4) is 0 Å². The van der Waals surface area contributed by atoms with Crippen LogP contribution in [0.5, 0.6) is 0 Å². The van der Waals surface area contributed by atoms with E-state index in [2.05, 4.69) is 11.4 Å². The normalized spacial score (nSPS) is 21.2. The van der Waals surface area contributed by atoms with Gasteiger partial charge in [0.15, 0.2) is 0 Å². The lowest BCUT2D eigenvalue weighted by atomic mass is 9.68. The fourth-order valence-electron chi connectivity index (χ4n) is 4.33. The fourth-order valence-corrected chi connectivity index (χ4v) is 5.53. The first-order chi connectivity index (χ1) is 14.6. The molecule has 0 aliphatic carbocycles. The summed E-state index contributed by atoms with van der Waals surface area (Å²) in [6, 6.07) is 16.8. The quantitative estimate of drug-likeness (QED) is 0.725. The third kappa shape index (κ3) is 2.10. The van der Waals surface area contributed by atoms with Crippen molar-refractivity contribution in [2.24, 2.45) is 5.73 Å². The second-order valence-electron chi connectivity index (χ2n) is 6.93. The molecule has 5 rings (SSSR count). The fraction of sp³-hybridized carbons (Fsp3) is 0.136. The second kappa shape index (κ2) is 6.40. The maximum atomic E-state index is 13.5. The maximum Gasteiger partial charge on any atom is 0.339 e. The molecule has 0 fully saturated rings. The van der Waals surface area contributed by atoms with E-state index in [0.29, 0.717) is 16.3 Å². The molecule has 3 aliphatic heterocycles. The van der Waals surface area contributed by atoms with Crippen molar-refractivity contribution in [3.63, 3.8) is 0 Å². The number of para-hydroxylation sites is 2. The van der Waals surface area contributed by atoms with Crippen LogP contribution in [-0.4, -0.2) is 18.5 Å². The van der Waals surface area contributed by atoms with Gasteiger partial charge in [0.2, 0.25) is 5.91 Å². The van der Waals surface area contributed by atoms with Crippen molar-refractivity contribution < 1.29 is 14.3 Å². The van der Waals surface area contributed by atoms with E-state index in [-0.39, 0.29) is 23.6 Å². The second-order valence-corrected chi connectivity index (χ2v) is 7.96. The number of nitrogens with zero attached hydrogens (tertiary/aromatic N) is 2. The van der Waals surface area contributed by atoms with Gasteiger partial charge in [-0.2, -0.15) is 5.26 Å². The zero-order valence-electron chi connectivity index (χ0n) is 15.9. The summed E-state index contributed by atoms with van der Waals surface area (Å²) in [5.74, 6) is -1.12. The summed E-state index contributed by atoms with van der Waals surface area (Å²) in [5, 5.41) is 13.6. The molecule has 148 valence electrons. The molecule has 1 unspecified atom stereocenters. The molecule has 3 aliphatic rings. The zero-order chi connectivity index (χ0) is 21.0. The van der Waals surface area contributed by atoms with Gasteiger partial charge in [0.05, 0.1) is 23.9 Å². The minimum atomic E-state index is -1.66. The number of amides is 1. The molecule has 0 saturated heterocycles. The Balaban J connectivity index is 1.90. The van der Waals surface area contributed by atoms with E-state index >= 15 is 0 Å². The Bertz CT molecular complexity index is 1240. The van der Waals surface area contributed by atoms with E-state index in [1.807, 2.05) is 24.3 Å². The summed E-state index contributed by atoms with van der Waals surface area (Å²) in [6.45, 7) is 1.79. The number of thioether (sulfide) groups is 1. The van der Waals surface area contributed by atoms with Crippen LogP contribution in [0.2, 0.25) is 0 Å². The number of carbonyl (C=O) groups excluding carboxylic acids is 2. The number of hydrogen-bond donors (Lipinski definition) is 2. The Labute approximate surface area is 176 Å². The summed E-state index contributed by atoms with van der Waals surface area (Å²) in [4.78, 5) is 29.2. The van der Waals surface area contributed by atoms with Gasteiger partial charge in [-0.1, -0.05) is 42.1 Å². The van der Waals surface area contributed by atoms with Crippen molar-refractivity contribution in [3.8, 4) is 6.07 Å². The lowest BCUT2D eigenvalue weighted by molar-refractivity contribution is -0.140. The van der Waals surface area contributed by atoms with Crippen LogP contribution >= 0.6 is 11.8 Å². The number of nitriles is 1. The first-order valence-corrected chi connectivity index (χ1v) is 10.2. The molecular weight excluding hydrogens is 400 g/mol. The van der Waals surface area contributed by atoms with Crippen molar-refractivity contribution in [3.05, 3.63) is 76.1 Å². The van der Waals surface area contributed by atoms with Gasteiger partial charge in [-0.25, -0.2) is 4.79 Å².